The lowest BCUT2D eigenvalue weighted by atomic mass is 10.3. The summed E-state index contributed by atoms with van der Waals surface area (Å²) in [5, 5.41) is 7.57. The van der Waals surface area contributed by atoms with Crippen LogP contribution in [0.15, 0.2) is 48.5 Å². The second-order valence-electron chi connectivity index (χ2n) is 6.22. The predicted molar refractivity (Wildman–Crippen MR) is 112 cm³/mol. The number of rotatable bonds is 0. The minimum atomic E-state index is 0.250. The van der Waals surface area contributed by atoms with Gasteiger partial charge in [0.15, 0.2) is 0 Å². The van der Waals surface area contributed by atoms with Gasteiger partial charge in [0.2, 0.25) is 0 Å². The molecule has 2 aliphatic rings. The largest absolute Gasteiger partial charge is 0.397 e. The van der Waals surface area contributed by atoms with E-state index >= 15 is 0 Å². The summed E-state index contributed by atoms with van der Waals surface area (Å²) in [4.78, 5) is 16.0. The van der Waals surface area contributed by atoms with Gasteiger partial charge in [0.05, 0.1) is 22.8 Å². The molecule has 0 atom stereocenters. The Morgan fingerprint density at radius 3 is 1.15 bits per heavy atom. The molecule has 0 amide bonds. The summed E-state index contributed by atoms with van der Waals surface area (Å²) in [5.41, 5.74) is 7.86. The summed E-state index contributed by atoms with van der Waals surface area (Å²) in [7, 11) is 0. The number of aliphatic hydroxyl groups excluding tert-OH is 1. The number of hydrogen-bond acceptors (Lipinski definition) is 3. The van der Waals surface area contributed by atoms with E-state index in [0.717, 1.165) is 44.8 Å². The highest BCUT2D eigenvalue weighted by atomic mass is 16.2. The van der Waals surface area contributed by atoms with Gasteiger partial charge in [-0.05, 0) is 79.8 Å². The van der Waals surface area contributed by atoms with Crippen LogP contribution in [0.2, 0.25) is 0 Å². The van der Waals surface area contributed by atoms with Gasteiger partial charge in [0, 0.05) is 28.7 Å². The Labute approximate surface area is 156 Å². The molecule has 0 saturated heterocycles. The van der Waals surface area contributed by atoms with Crippen molar-refractivity contribution in [1.29, 1.82) is 0 Å². The van der Waals surface area contributed by atoms with Gasteiger partial charge >= 0.3 is 0 Å². The van der Waals surface area contributed by atoms with Crippen molar-refractivity contribution in [3.8, 4) is 0 Å². The van der Waals surface area contributed by atoms with E-state index in [1.807, 2.05) is 48.6 Å². The lowest BCUT2D eigenvalue weighted by Gasteiger charge is -1.85. The molecule has 0 radical (unpaired) electrons. The van der Waals surface area contributed by atoms with Gasteiger partial charge in [-0.3, -0.25) is 0 Å². The minimum absolute atomic E-state index is 0.250. The molecule has 0 saturated carbocycles. The molecule has 5 nitrogen and oxygen atoms in total. The normalized spacial score (nSPS) is 11.9. The molecule has 134 valence electrons. The van der Waals surface area contributed by atoms with E-state index in [9.17, 15) is 0 Å². The third-order valence-corrected chi connectivity index (χ3v) is 4.04. The highest BCUT2D eigenvalue weighted by molar-refractivity contribution is 5.77. The Balaban J connectivity index is 0.000000565. The Hall–Kier alpha value is -3.44. The predicted octanol–water partition coefficient (Wildman–Crippen LogP) is 4.65. The molecule has 0 fully saturated rings. The highest BCUT2D eigenvalue weighted by Crippen LogP contribution is 2.16. The number of aromatic nitrogens is 4. The smallest absolute Gasteiger partial charge is 0.0658 e. The topological polar surface area (TPSA) is 77.6 Å². The van der Waals surface area contributed by atoms with Crippen molar-refractivity contribution >= 4 is 46.4 Å². The molecule has 5 rings (SSSR count). The van der Waals surface area contributed by atoms with Gasteiger partial charge in [0.25, 0.3) is 0 Å². The SMILES string of the molecule is C1=Cc2cc3ccc(cc4nc(cc5ccc(cc1n2)[nH]5)C=C4)[nH]3.CCO. The number of hydrogen-bond donors (Lipinski definition) is 3. The van der Waals surface area contributed by atoms with Crippen LogP contribution in [0, 0.1) is 0 Å². The van der Waals surface area contributed by atoms with Crippen LogP contribution in [0.3, 0.4) is 0 Å². The van der Waals surface area contributed by atoms with E-state index in [4.69, 9.17) is 5.11 Å². The fourth-order valence-electron chi connectivity index (χ4n) is 2.94. The molecule has 0 aromatic carbocycles. The first-order valence-electron chi connectivity index (χ1n) is 8.87. The number of fused-ring (bicyclic) bond motifs is 8. The van der Waals surface area contributed by atoms with Crippen molar-refractivity contribution in [2.75, 3.05) is 6.61 Å². The van der Waals surface area contributed by atoms with Crippen LogP contribution in [0.1, 0.15) is 29.7 Å². The zero-order valence-corrected chi connectivity index (χ0v) is 15.0. The molecule has 0 spiro atoms. The van der Waals surface area contributed by atoms with Gasteiger partial charge in [-0.25, -0.2) is 9.97 Å². The molecule has 5 heterocycles. The molecular formula is C22H20N4O. The van der Waals surface area contributed by atoms with Gasteiger partial charge in [0.1, 0.15) is 0 Å². The number of nitrogens with one attached hydrogen (secondary N) is 2. The van der Waals surface area contributed by atoms with E-state index in [2.05, 4.69) is 44.2 Å². The number of aromatic amines is 2. The van der Waals surface area contributed by atoms with Crippen molar-refractivity contribution < 1.29 is 5.11 Å². The van der Waals surface area contributed by atoms with Crippen LogP contribution in [-0.4, -0.2) is 31.6 Å². The van der Waals surface area contributed by atoms with Crippen molar-refractivity contribution in [2.45, 2.75) is 6.92 Å². The second kappa shape index (κ2) is 7.43. The Morgan fingerprint density at radius 2 is 0.889 bits per heavy atom. The zero-order chi connectivity index (χ0) is 18.6. The summed E-state index contributed by atoms with van der Waals surface area (Å²) < 4.78 is 0. The van der Waals surface area contributed by atoms with Gasteiger partial charge < -0.3 is 15.1 Å². The quantitative estimate of drug-likeness (QED) is 0.378. The Kier molecular flexibility index (Phi) is 4.68. The van der Waals surface area contributed by atoms with Crippen molar-refractivity contribution in [2.24, 2.45) is 0 Å². The fourth-order valence-corrected chi connectivity index (χ4v) is 2.94. The van der Waals surface area contributed by atoms with E-state index in [0.29, 0.717) is 0 Å². The molecule has 0 aliphatic carbocycles. The number of nitrogens with zero attached hydrogens (tertiary/aromatic N) is 2. The van der Waals surface area contributed by atoms with Gasteiger partial charge in [-0.15, -0.1) is 0 Å². The van der Waals surface area contributed by atoms with E-state index in [1.54, 1.807) is 6.92 Å². The third kappa shape index (κ3) is 4.04. The summed E-state index contributed by atoms with van der Waals surface area (Å²) in [6.45, 7) is 1.93. The van der Waals surface area contributed by atoms with Crippen molar-refractivity contribution in [3.63, 3.8) is 0 Å². The average molecular weight is 356 g/mol. The molecule has 0 unspecified atom stereocenters. The second-order valence-corrected chi connectivity index (χ2v) is 6.22. The monoisotopic (exact) mass is 356 g/mol. The van der Waals surface area contributed by atoms with E-state index in [-0.39, 0.29) is 6.61 Å². The third-order valence-electron chi connectivity index (χ3n) is 4.04. The summed E-state index contributed by atoms with van der Waals surface area (Å²) >= 11 is 0. The molecule has 3 aromatic rings. The Bertz CT molecular complexity index is 1010. The van der Waals surface area contributed by atoms with Crippen LogP contribution in [0.5, 0.6) is 0 Å². The van der Waals surface area contributed by atoms with Crippen LogP contribution in [-0.2, 0) is 0 Å². The Morgan fingerprint density at radius 1 is 0.630 bits per heavy atom. The first kappa shape index (κ1) is 17.0. The molecule has 3 N–H and O–H groups in total. The van der Waals surface area contributed by atoms with Crippen LogP contribution in [0.25, 0.3) is 46.4 Å². The summed E-state index contributed by atoms with van der Waals surface area (Å²) in [6, 6.07) is 16.4. The summed E-state index contributed by atoms with van der Waals surface area (Å²) in [6.07, 6.45) is 8.09. The van der Waals surface area contributed by atoms with E-state index < -0.39 is 0 Å². The van der Waals surface area contributed by atoms with Gasteiger partial charge in [-0.1, -0.05) is 0 Å². The van der Waals surface area contributed by atoms with Crippen molar-refractivity contribution in [3.05, 3.63) is 71.3 Å². The van der Waals surface area contributed by atoms with Gasteiger partial charge in [-0.2, -0.15) is 0 Å². The number of H-pyrrole nitrogens is 2. The molecule has 3 aromatic heterocycles. The maximum absolute atomic E-state index is 7.57. The standard InChI is InChI=1S/C20H14N4.C2H6O/c1-2-14-10-16-5-6-18(23-16)12-20-8-7-19(24-20)11-17-4-3-15(22-17)9-13(1)21-14;1-2-3/h1-12,21,24H;3H,2H2,1H3. The van der Waals surface area contributed by atoms with Crippen LogP contribution < -0.4 is 0 Å². The summed E-state index contributed by atoms with van der Waals surface area (Å²) in [5.74, 6) is 0. The fraction of sp³-hybridized carbons (Fsp3) is 0.0909. The van der Waals surface area contributed by atoms with Crippen LogP contribution in [0.4, 0.5) is 0 Å². The maximum atomic E-state index is 7.57. The number of aliphatic hydroxyl groups is 1. The van der Waals surface area contributed by atoms with E-state index in [1.165, 1.54) is 0 Å². The first-order chi connectivity index (χ1) is 13.2. The lowest BCUT2D eigenvalue weighted by Crippen LogP contribution is -1.75. The molecule has 2 aliphatic heterocycles. The average Bonchev–Trinajstić information content (AvgIpc) is 3.41. The molecular weight excluding hydrogens is 336 g/mol. The molecule has 27 heavy (non-hydrogen) atoms. The molecule has 8 bridgehead atoms. The first-order valence-corrected chi connectivity index (χ1v) is 8.87. The minimum Gasteiger partial charge on any atom is -0.397 e. The van der Waals surface area contributed by atoms with Crippen LogP contribution >= 0.6 is 0 Å². The lowest BCUT2D eigenvalue weighted by molar-refractivity contribution is 0.318. The zero-order valence-electron chi connectivity index (χ0n) is 15.0. The molecule has 5 heteroatoms. The highest BCUT2D eigenvalue weighted by Gasteiger charge is 2.01. The van der Waals surface area contributed by atoms with Crippen molar-refractivity contribution in [1.82, 2.24) is 19.9 Å². The maximum Gasteiger partial charge on any atom is 0.0658 e.